The summed E-state index contributed by atoms with van der Waals surface area (Å²) < 4.78 is 24.2. The molecule has 2 aromatic rings. The molecule has 2 aromatic heterocycles. The van der Waals surface area contributed by atoms with Crippen molar-refractivity contribution in [3.8, 4) is 0 Å². The van der Waals surface area contributed by atoms with Crippen LogP contribution in [-0.2, 0) is 21.2 Å². The third-order valence-corrected chi connectivity index (χ3v) is 4.36. The highest BCUT2D eigenvalue weighted by molar-refractivity contribution is 7.99. The van der Waals surface area contributed by atoms with Crippen molar-refractivity contribution in [2.75, 3.05) is 17.8 Å². The Bertz CT molecular complexity index is 739. The second-order valence-corrected chi connectivity index (χ2v) is 7.41. The van der Waals surface area contributed by atoms with Gasteiger partial charge in [-0.25, -0.2) is 18.4 Å². The van der Waals surface area contributed by atoms with Crippen molar-refractivity contribution in [3.63, 3.8) is 0 Å². The van der Waals surface area contributed by atoms with Crippen LogP contribution < -0.4 is 0 Å². The van der Waals surface area contributed by atoms with Crippen LogP contribution in [0.3, 0.4) is 0 Å². The molecule has 0 aliphatic rings. The largest absolute Gasteiger partial charge is 0.481 e. The van der Waals surface area contributed by atoms with E-state index >= 15 is 0 Å². The molecule has 108 valence electrons. The molecule has 0 unspecified atom stereocenters. The maximum absolute atomic E-state index is 11.3. The number of nitrogens with zero attached hydrogens (tertiary/aromatic N) is 3. The number of thioether (sulfide) groups is 1. The summed E-state index contributed by atoms with van der Waals surface area (Å²) in [6, 6.07) is 3.48. The van der Waals surface area contributed by atoms with E-state index in [0.29, 0.717) is 16.3 Å². The SMILES string of the molecule is CS(=O)(=O)CCn1c(SCC(=O)O)nc2cccnc21. The van der Waals surface area contributed by atoms with E-state index in [0.717, 1.165) is 18.0 Å². The molecule has 0 bridgehead atoms. The molecule has 0 aromatic carbocycles. The van der Waals surface area contributed by atoms with E-state index in [4.69, 9.17) is 5.11 Å². The Labute approximate surface area is 120 Å². The van der Waals surface area contributed by atoms with E-state index in [2.05, 4.69) is 9.97 Å². The van der Waals surface area contributed by atoms with Crippen molar-refractivity contribution in [2.45, 2.75) is 11.7 Å². The molecule has 7 nitrogen and oxygen atoms in total. The number of aromatic nitrogens is 3. The van der Waals surface area contributed by atoms with Gasteiger partial charge < -0.3 is 9.67 Å². The maximum Gasteiger partial charge on any atom is 0.313 e. The number of sulfone groups is 1. The molecule has 0 aliphatic heterocycles. The summed E-state index contributed by atoms with van der Waals surface area (Å²) in [4.78, 5) is 19.1. The topological polar surface area (TPSA) is 102 Å². The smallest absolute Gasteiger partial charge is 0.313 e. The Hall–Kier alpha value is -1.61. The molecule has 0 saturated carbocycles. The number of hydrogen-bond donors (Lipinski definition) is 1. The van der Waals surface area contributed by atoms with E-state index in [1.54, 1.807) is 22.9 Å². The third-order valence-electron chi connectivity index (χ3n) is 2.48. The fourth-order valence-electron chi connectivity index (χ4n) is 1.63. The highest BCUT2D eigenvalue weighted by Gasteiger charge is 2.15. The molecule has 0 amide bonds. The van der Waals surface area contributed by atoms with Crippen LogP contribution in [-0.4, -0.2) is 51.8 Å². The van der Waals surface area contributed by atoms with Gasteiger partial charge in [0.2, 0.25) is 0 Å². The van der Waals surface area contributed by atoms with Crippen LogP contribution in [0.1, 0.15) is 0 Å². The summed E-state index contributed by atoms with van der Waals surface area (Å²) in [6.07, 6.45) is 2.75. The van der Waals surface area contributed by atoms with Gasteiger partial charge in [-0.1, -0.05) is 11.8 Å². The number of carbonyl (C=O) groups is 1. The molecular weight excluding hydrogens is 302 g/mol. The van der Waals surface area contributed by atoms with Gasteiger partial charge in [0, 0.05) is 19.0 Å². The molecule has 20 heavy (non-hydrogen) atoms. The fraction of sp³-hybridized carbons (Fsp3) is 0.364. The fourth-order valence-corrected chi connectivity index (χ4v) is 2.90. The molecule has 0 radical (unpaired) electrons. The monoisotopic (exact) mass is 315 g/mol. The Morgan fingerprint density at radius 3 is 2.90 bits per heavy atom. The molecule has 1 N–H and O–H groups in total. The van der Waals surface area contributed by atoms with Crippen molar-refractivity contribution in [1.82, 2.24) is 14.5 Å². The first-order valence-corrected chi connectivity index (χ1v) is 8.75. The van der Waals surface area contributed by atoms with Gasteiger partial charge in [-0.15, -0.1) is 0 Å². The van der Waals surface area contributed by atoms with Gasteiger partial charge in [0.1, 0.15) is 15.4 Å². The Balaban J connectivity index is 2.36. The second kappa shape index (κ2) is 5.80. The standard InChI is InChI=1S/C11H13N3O4S2/c1-20(17,18)6-5-14-10-8(3-2-4-12-10)13-11(14)19-7-9(15)16/h2-4H,5-7H2,1H3,(H,15,16). The van der Waals surface area contributed by atoms with Gasteiger partial charge in [-0.05, 0) is 12.1 Å². The third kappa shape index (κ3) is 3.70. The van der Waals surface area contributed by atoms with Crippen LogP contribution in [0.5, 0.6) is 0 Å². The minimum absolute atomic E-state index is 0.0460. The summed E-state index contributed by atoms with van der Waals surface area (Å²) in [5.74, 6) is -1.14. The number of imidazole rings is 1. The number of hydrogen-bond acceptors (Lipinski definition) is 6. The average molecular weight is 315 g/mol. The molecule has 2 heterocycles. The van der Waals surface area contributed by atoms with E-state index < -0.39 is 15.8 Å². The predicted molar refractivity (Wildman–Crippen MR) is 75.6 cm³/mol. The van der Waals surface area contributed by atoms with Crippen molar-refractivity contribution in [1.29, 1.82) is 0 Å². The van der Waals surface area contributed by atoms with E-state index in [-0.39, 0.29) is 18.1 Å². The highest BCUT2D eigenvalue weighted by atomic mass is 32.2. The molecule has 0 saturated heterocycles. The van der Waals surface area contributed by atoms with Crippen molar-refractivity contribution in [3.05, 3.63) is 18.3 Å². The van der Waals surface area contributed by atoms with Crippen LogP contribution >= 0.6 is 11.8 Å². The zero-order chi connectivity index (χ0) is 14.8. The van der Waals surface area contributed by atoms with Crippen LogP contribution in [0.4, 0.5) is 0 Å². The molecular formula is C11H13N3O4S2. The first kappa shape index (κ1) is 14.8. The normalized spacial score (nSPS) is 11.8. The van der Waals surface area contributed by atoms with Crippen molar-refractivity contribution in [2.24, 2.45) is 0 Å². The number of rotatable bonds is 6. The number of pyridine rings is 1. The summed E-state index contributed by atoms with van der Waals surface area (Å²) >= 11 is 1.05. The predicted octanol–water partition coefficient (Wildman–Crippen LogP) is 0.653. The first-order chi connectivity index (χ1) is 9.37. The quantitative estimate of drug-likeness (QED) is 0.781. The summed E-state index contributed by atoms with van der Waals surface area (Å²) in [5, 5.41) is 9.19. The van der Waals surface area contributed by atoms with Gasteiger partial charge in [0.25, 0.3) is 0 Å². The van der Waals surface area contributed by atoms with Crippen LogP contribution in [0, 0.1) is 0 Å². The van der Waals surface area contributed by atoms with Crippen LogP contribution in [0.15, 0.2) is 23.5 Å². The van der Waals surface area contributed by atoms with Gasteiger partial charge >= 0.3 is 5.97 Å². The summed E-state index contributed by atoms with van der Waals surface area (Å²) in [7, 11) is -3.12. The lowest BCUT2D eigenvalue weighted by Gasteiger charge is -2.06. The van der Waals surface area contributed by atoms with Crippen molar-refractivity contribution >= 4 is 38.7 Å². The lowest BCUT2D eigenvalue weighted by molar-refractivity contribution is -0.133. The molecule has 0 aliphatic carbocycles. The number of aryl methyl sites for hydroxylation is 1. The molecule has 9 heteroatoms. The Morgan fingerprint density at radius 2 is 2.25 bits per heavy atom. The second-order valence-electron chi connectivity index (χ2n) is 4.20. The Kier molecular flexibility index (Phi) is 4.29. The minimum atomic E-state index is -3.12. The zero-order valence-electron chi connectivity index (χ0n) is 10.7. The number of carboxylic acid groups (broad SMARTS) is 1. The highest BCUT2D eigenvalue weighted by Crippen LogP contribution is 2.22. The van der Waals surface area contributed by atoms with E-state index in [1.165, 1.54) is 0 Å². The lowest BCUT2D eigenvalue weighted by Crippen LogP contribution is -2.12. The van der Waals surface area contributed by atoms with Gasteiger partial charge in [-0.3, -0.25) is 4.79 Å². The van der Waals surface area contributed by atoms with Crippen molar-refractivity contribution < 1.29 is 18.3 Å². The average Bonchev–Trinajstić information content (AvgIpc) is 2.70. The van der Waals surface area contributed by atoms with E-state index in [9.17, 15) is 13.2 Å². The van der Waals surface area contributed by atoms with E-state index in [1.807, 2.05) is 0 Å². The van der Waals surface area contributed by atoms with Gasteiger partial charge in [0.05, 0.1) is 11.5 Å². The number of carboxylic acids is 1. The molecule has 0 atom stereocenters. The lowest BCUT2D eigenvalue weighted by atomic mass is 10.4. The van der Waals surface area contributed by atoms with Crippen LogP contribution in [0.25, 0.3) is 11.2 Å². The number of fused-ring (bicyclic) bond motifs is 1. The first-order valence-electron chi connectivity index (χ1n) is 5.70. The summed E-state index contributed by atoms with van der Waals surface area (Å²) in [5.41, 5.74) is 1.18. The number of aliphatic carboxylic acids is 1. The van der Waals surface area contributed by atoms with Crippen LogP contribution in [0.2, 0.25) is 0 Å². The Morgan fingerprint density at radius 1 is 1.50 bits per heavy atom. The van der Waals surface area contributed by atoms with Gasteiger partial charge in [-0.2, -0.15) is 0 Å². The van der Waals surface area contributed by atoms with Gasteiger partial charge in [0.15, 0.2) is 10.8 Å². The zero-order valence-corrected chi connectivity index (χ0v) is 12.3. The summed E-state index contributed by atoms with van der Waals surface area (Å²) in [6.45, 7) is 0.203. The molecule has 2 rings (SSSR count). The maximum atomic E-state index is 11.3. The minimum Gasteiger partial charge on any atom is -0.481 e. The molecule has 0 fully saturated rings. The molecule has 0 spiro atoms.